The molecule has 2 heterocycles. The molecule has 0 saturated heterocycles. The van der Waals surface area contributed by atoms with Crippen LogP contribution in [0.5, 0.6) is 0 Å². The zero-order chi connectivity index (χ0) is 20.5. The number of rotatable bonds is 5. The average molecular weight is 529 g/mol. The van der Waals surface area contributed by atoms with Crippen LogP contribution >= 0.6 is 24.0 Å². The molecule has 2 N–H and O–H groups in total. The largest absolute Gasteiger partial charge is 0.353 e. The molecule has 8 nitrogen and oxygen atoms in total. The van der Waals surface area contributed by atoms with Crippen molar-refractivity contribution in [1.82, 2.24) is 30.3 Å². The molecule has 2 saturated carbocycles. The lowest BCUT2D eigenvalue weighted by Crippen LogP contribution is -2.51. The lowest BCUT2D eigenvalue weighted by Gasteiger charge is -2.29. The van der Waals surface area contributed by atoms with E-state index in [9.17, 15) is 4.79 Å². The summed E-state index contributed by atoms with van der Waals surface area (Å²) in [5.74, 6) is 4.74. The number of nitrogens with zero attached hydrogens (tertiary/aromatic N) is 5. The van der Waals surface area contributed by atoms with E-state index in [1.54, 1.807) is 19.0 Å². The first-order chi connectivity index (χ1) is 13.9. The van der Waals surface area contributed by atoms with Crippen LogP contribution in [0, 0.1) is 11.8 Å². The first-order valence-corrected chi connectivity index (χ1v) is 11.1. The van der Waals surface area contributed by atoms with Crippen LogP contribution < -0.4 is 10.6 Å². The molecule has 1 amide bonds. The van der Waals surface area contributed by atoms with Crippen molar-refractivity contribution in [3.63, 3.8) is 0 Å². The van der Waals surface area contributed by atoms with E-state index in [-0.39, 0.29) is 42.5 Å². The molecule has 2 bridgehead atoms. The Balaban J connectivity index is 0.00000256. The van der Waals surface area contributed by atoms with Crippen molar-refractivity contribution in [2.24, 2.45) is 16.8 Å². The summed E-state index contributed by atoms with van der Waals surface area (Å²) >= 11 is 0. The summed E-state index contributed by atoms with van der Waals surface area (Å²) in [6.45, 7) is 5.21. The van der Waals surface area contributed by atoms with E-state index < -0.39 is 0 Å². The number of fused-ring (bicyclic) bond motifs is 3. The van der Waals surface area contributed by atoms with Crippen LogP contribution in [0.15, 0.2) is 4.99 Å². The second-order valence-corrected chi connectivity index (χ2v) is 9.48. The molecule has 168 valence electrons. The molecule has 0 radical (unpaired) electrons. The quantitative estimate of drug-likeness (QED) is 0.347. The Morgan fingerprint density at radius 2 is 2.03 bits per heavy atom. The van der Waals surface area contributed by atoms with Gasteiger partial charge in [-0.05, 0) is 37.5 Å². The monoisotopic (exact) mass is 529 g/mol. The summed E-state index contributed by atoms with van der Waals surface area (Å²) in [4.78, 5) is 23.0. The van der Waals surface area contributed by atoms with Crippen LogP contribution in [0.3, 0.4) is 0 Å². The van der Waals surface area contributed by atoms with E-state index in [2.05, 4.69) is 39.6 Å². The lowest BCUT2D eigenvalue weighted by atomic mass is 9.95. The molecule has 0 aromatic carbocycles. The SMILES string of the molecule is CC(C)c1nc2n(n1)CC(NC(=NCC(=O)N(C)C)NC1CC3CCC1C3)CC2.I. The maximum Gasteiger partial charge on any atom is 0.243 e. The third-order valence-electron chi connectivity index (χ3n) is 6.66. The Kier molecular flexibility index (Phi) is 7.62. The molecule has 1 aromatic rings. The summed E-state index contributed by atoms with van der Waals surface area (Å²) in [5, 5.41) is 11.9. The van der Waals surface area contributed by atoms with E-state index in [1.807, 2.05) is 4.68 Å². The normalized spacial score (nSPS) is 27.6. The number of carbonyl (C=O) groups is 1. The highest BCUT2D eigenvalue weighted by molar-refractivity contribution is 14.0. The smallest absolute Gasteiger partial charge is 0.243 e. The maximum absolute atomic E-state index is 12.1. The summed E-state index contributed by atoms with van der Waals surface area (Å²) in [6.07, 6.45) is 7.16. The van der Waals surface area contributed by atoms with E-state index in [0.717, 1.165) is 48.8 Å². The Hall–Kier alpha value is -1.39. The molecule has 1 aromatic heterocycles. The van der Waals surface area contributed by atoms with Crippen LogP contribution in [0.25, 0.3) is 0 Å². The molecule has 4 atom stereocenters. The number of carbonyl (C=O) groups excluding carboxylic acids is 1. The topological polar surface area (TPSA) is 87.4 Å². The number of amides is 1. The number of aryl methyl sites for hydroxylation is 1. The molecule has 30 heavy (non-hydrogen) atoms. The summed E-state index contributed by atoms with van der Waals surface area (Å²) in [5.41, 5.74) is 0. The molecule has 0 spiro atoms. The van der Waals surface area contributed by atoms with Crippen LogP contribution in [-0.2, 0) is 17.8 Å². The van der Waals surface area contributed by atoms with Crippen LogP contribution in [0.2, 0.25) is 0 Å². The van der Waals surface area contributed by atoms with E-state index in [4.69, 9.17) is 0 Å². The average Bonchev–Trinajstić information content (AvgIpc) is 3.40. The molecule has 4 rings (SSSR count). The van der Waals surface area contributed by atoms with Gasteiger partial charge in [0.15, 0.2) is 11.8 Å². The van der Waals surface area contributed by atoms with Crippen molar-refractivity contribution in [3.8, 4) is 0 Å². The van der Waals surface area contributed by atoms with Gasteiger partial charge in [-0.15, -0.1) is 24.0 Å². The van der Waals surface area contributed by atoms with Crippen molar-refractivity contribution in [1.29, 1.82) is 0 Å². The fourth-order valence-electron chi connectivity index (χ4n) is 4.90. The molecule has 1 aliphatic heterocycles. The number of aliphatic imine (C=N–C) groups is 1. The first kappa shape index (κ1) is 23.3. The highest BCUT2D eigenvalue weighted by Crippen LogP contribution is 2.44. The Morgan fingerprint density at radius 3 is 2.67 bits per heavy atom. The van der Waals surface area contributed by atoms with Crippen molar-refractivity contribution >= 4 is 35.8 Å². The van der Waals surface area contributed by atoms with Crippen molar-refractivity contribution in [3.05, 3.63) is 11.6 Å². The summed E-state index contributed by atoms with van der Waals surface area (Å²) in [6, 6.07) is 0.719. The number of hydrogen-bond donors (Lipinski definition) is 2. The fraction of sp³-hybridized carbons (Fsp3) is 0.810. The van der Waals surface area contributed by atoms with Crippen LogP contribution in [0.4, 0.5) is 0 Å². The van der Waals surface area contributed by atoms with Gasteiger partial charge >= 0.3 is 0 Å². The number of guanidine groups is 1. The Morgan fingerprint density at radius 1 is 1.23 bits per heavy atom. The molecule has 3 aliphatic rings. The minimum Gasteiger partial charge on any atom is -0.353 e. The number of nitrogens with one attached hydrogen (secondary N) is 2. The van der Waals surface area contributed by atoms with E-state index >= 15 is 0 Å². The van der Waals surface area contributed by atoms with Gasteiger partial charge in [-0.3, -0.25) is 4.79 Å². The van der Waals surface area contributed by atoms with Gasteiger partial charge in [0.25, 0.3) is 0 Å². The highest BCUT2D eigenvalue weighted by atomic mass is 127. The van der Waals surface area contributed by atoms with Gasteiger partial charge in [-0.2, -0.15) is 5.10 Å². The van der Waals surface area contributed by atoms with Crippen molar-refractivity contribution < 1.29 is 4.79 Å². The van der Waals surface area contributed by atoms with Gasteiger partial charge in [-0.25, -0.2) is 14.7 Å². The Bertz CT molecular complexity index is 775. The molecule has 9 heteroatoms. The number of halogens is 1. The van der Waals surface area contributed by atoms with Gasteiger partial charge in [0.1, 0.15) is 12.4 Å². The summed E-state index contributed by atoms with van der Waals surface area (Å²) < 4.78 is 2.04. The fourth-order valence-corrected chi connectivity index (χ4v) is 4.90. The van der Waals surface area contributed by atoms with E-state index in [0.29, 0.717) is 12.0 Å². The molecule has 2 fully saturated rings. The number of aromatic nitrogens is 3. The predicted octanol–water partition coefficient (Wildman–Crippen LogP) is 2.15. The van der Waals surface area contributed by atoms with Crippen molar-refractivity contribution in [2.45, 2.75) is 76.9 Å². The third kappa shape index (κ3) is 5.26. The number of hydrogen-bond acceptors (Lipinski definition) is 4. The standard InChI is InChI=1S/C21H35N7O.HI/c1-13(2)20-25-18-8-7-16(12-28(18)26-20)23-21(22-11-19(29)27(3)4)24-17-10-14-5-6-15(17)9-14;/h13-17H,5-12H2,1-4H3,(H2,22,23,24);1H. The van der Waals surface area contributed by atoms with Gasteiger partial charge < -0.3 is 15.5 Å². The van der Waals surface area contributed by atoms with Crippen LogP contribution in [0.1, 0.15) is 63.5 Å². The number of likely N-dealkylation sites (N-methyl/N-ethyl adjacent to an activating group) is 1. The lowest BCUT2D eigenvalue weighted by molar-refractivity contribution is -0.127. The first-order valence-electron chi connectivity index (χ1n) is 11.1. The van der Waals surface area contributed by atoms with E-state index in [1.165, 1.54) is 25.7 Å². The van der Waals surface area contributed by atoms with Crippen LogP contribution in [-0.4, -0.2) is 64.3 Å². The molecule has 4 unspecified atom stereocenters. The van der Waals surface area contributed by atoms with Gasteiger partial charge in [0.2, 0.25) is 5.91 Å². The molecule has 2 aliphatic carbocycles. The second kappa shape index (κ2) is 9.82. The molecular weight excluding hydrogens is 493 g/mol. The minimum atomic E-state index is 0. The molecular formula is C21H36IN7O. The highest BCUT2D eigenvalue weighted by Gasteiger charge is 2.40. The third-order valence-corrected chi connectivity index (χ3v) is 6.66. The van der Waals surface area contributed by atoms with Gasteiger partial charge in [0, 0.05) is 38.5 Å². The maximum atomic E-state index is 12.1. The minimum absolute atomic E-state index is 0. The zero-order valence-electron chi connectivity index (χ0n) is 18.6. The summed E-state index contributed by atoms with van der Waals surface area (Å²) in [7, 11) is 3.54. The zero-order valence-corrected chi connectivity index (χ0v) is 20.9. The van der Waals surface area contributed by atoms with Gasteiger partial charge in [0.05, 0.1) is 6.54 Å². The van der Waals surface area contributed by atoms with Gasteiger partial charge in [-0.1, -0.05) is 20.3 Å². The van der Waals surface area contributed by atoms with Crippen molar-refractivity contribution in [2.75, 3.05) is 20.6 Å². The predicted molar refractivity (Wildman–Crippen MR) is 128 cm³/mol. The second-order valence-electron chi connectivity index (χ2n) is 9.48. The Labute approximate surface area is 196 Å².